The van der Waals surface area contributed by atoms with Crippen LogP contribution in [-0.4, -0.2) is 29.7 Å². The van der Waals surface area contributed by atoms with E-state index in [1.807, 2.05) is 5.32 Å². The summed E-state index contributed by atoms with van der Waals surface area (Å²) in [7, 11) is 0. The lowest BCUT2D eigenvalue weighted by Gasteiger charge is -2.23. The van der Waals surface area contributed by atoms with Gasteiger partial charge in [0.15, 0.2) is 0 Å². The molecule has 0 aromatic carbocycles. The van der Waals surface area contributed by atoms with E-state index in [1.54, 1.807) is 26.1 Å². The topological polar surface area (TPSA) is 54.0 Å². The molecule has 8 heteroatoms. The Morgan fingerprint density at radius 3 is 2.55 bits per heavy atom. The van der Waals surface area contributed by atoms with E-state index in [4.69, 9.17) is 0 Å². The molecule has 0 radical (unpaired) electrons. The van der Waals surface area contributed by atoms with Crippen LogP contribution in [0.25, 0.3) is 0 Å². The molecular weight excluding hydrogens is 339 g/mol. The molecule has 1 rings (SSSR count). The van der Waals surface area contributed by atoms with Crippen molar-refractivity contribution in [3.8, 4) is 0 Å². The molecule has 2 N–H and O–H groups in total. The minimum Gasteiger partial charge on any atom is -0.372 e. The standard InChI is InChI=1S/C12H15BrF3N3O/c1-7(2)10(11(20)18-6-12(14,15)16)19-9-3-8(13)4-17-5-9/h3-5,7,10,19H,6H2,1-2H3,(H,18,20)/t10-/m1/s1. The number of amides is 1. The Bertz CT molecular complexity index is 466. The van der Waals surface area contributed by atoms with E-state index in [0.29, 0.717) is 10.2 Å². The highest BCUT2D eigenvalue weighted by atomic mass is 79.9. The molecule has 0 aliphatic rings. The highest BCUT2D eigenvalue weighted by Crippen LogP contribution is 2.17. The number of nitrogens with zero attached hydrogens (tertiary/aromatic N) is 1. The fourth-order valence-corrected chi connectivity index (χ4v) is 1.87. The quantitative estimate of drug-likeness (QED) is 0.855. The zero-order valence-corrected chi connectivity index (χ0v) is 12.5. The molecule has 1 atom stereocenters. The minimum absolute atomic E-state index is 0.179. The first-order chi connectivity index (χ1) is 9.19. The average molecular weight is 354 g/mol. The molecule has 20 heavy (non-hydrogen) atoms. The van der Waals surface area contributed by atoms with Gasteiger partial charge in [-0.3, -0.25) is 9.78 Å². The fraction of sp³-hybridized carbons (Fsp3) is 0.500. The maximum Gasteiger partial charge on any atom is 0.405 e. The van der Waals surface area contributed by atoms with Gasteiger partial charge >= 0.3 is 6.18 Å². The van der Waals surface area contributed by atoms with Gasteiger partial charge in [-0.15, -0.1) is 0 Å². The van der Waals surface area contributed by atoms with Gasteiger partial charge < -0.3 is 10.6 Å². The second-order valence-corrected chi connectivity index (χ2v) is 5.51. The van der Waals surface area contributed by atoms with E-state index in [2.05, 4.69) is 26.2 Å². The Labute approximate surface area is 123 Å². The Balaban J connectivity index is 2.72. The number of rotatable bonds is 5. The van der Waals surface area contributed by atoms with Gasteiger partial charge in [-0.1, -0.05) is 13.8 Å². The molecule has 0 saturated carbocycles. The fourth-order valence-electron chi connectivity index (χ4n) is 1.50. The summed E-state index contributed by atoms with van der Waals surface area (Å²) in [6.45, 7) is 2.15. The molecule has 0 aliphatic heterocycles. The third-order valence-electron chi connectivity index (χ3n) is 2.44. The Hall–Kier alpha value is -1.31. The van der Waals surface area contributed by atoms with Crippen molar-refractivity contribution in [2.45, 2.75) is 26.1 Å². The molecular formula is C12H15BrF3N3O. The molecule has 1 amide bonds. The van der Waals surface area contributed by atoms with Crippen molar-refractivity contribution in [2.75, 3.05) is 11.9 Å². The van der Waals surface area contributed by atoms with Crippen LogP contribution in [0.1, 0.15) is 13.8 Å². The summed E-state index contributed by atoms with van der Waals surface area (Å²) in [6.07, 6.45) is -1.36. The number of halogens is 4. The first kappa shape index (κ1) is 16.7. The lowest BCUT2D eigenvalue weighted by atomic mass is 10.0. The van der Waals surface area contributed by atoms with E-state index >= 15 is 0 Å². The van der Waals surface area contributed by atoms with Crippen LogP contribution < -0.4 is 10.6 Å². The van der Waals surface area contributed by atoms with Crippen LogP contribution >= 0.6 is 15.9 Å². The number of anilines is 1. The van der Waals surface area contributed by atoms with Gasteiger partial charge in [0.25, 0.3) is 0 Å². The van der Waals surface area contributed by atoms with Crippen LogP contribution in [0.4, 0.5) is 18.9 Å². The number of nitrogens with one attached hydrogen (secondary N) is 2. The first-order valence-corrected chi connectivity index (χ1v) is 6.70. The highest BCUT2D eigenvalue weighted by molar-refractivity contribution is 9.10. The molecule has 0 unspecified atom stereocenters. The molecule has 0 spiro atoms. The summed E-state index contributed by atoms with van der Waals surface area (Å²) in [5, 5.41) is 4.76. The minimum atomic E-state index is -4.42. The Kier molecular flexibility index (Phi) is 5.79. The van der Waals surface area contributed by atoms with Crippen molar-refractivity contribution in [3.63, 3.8) is 0 Å². The van der Waals surface area contributed by atoms with Gasteiger partial charge in [0.1, 0.15) is 12.6 Å². The molecule has 112 valence electrons. The van der Waals surface area contributed by atoms with Gasteiger partial charge in [-0.05, 0) is 27.9 Å². The van der Waals surface area contributed by atoms with E-state index in [1.165, 1.54) is 6.20 Å². The number of carbonyl (C=O) groups is 1. The van der Waals surface area contributed by atoms with Crippen LogP contribution in [0.3, 0.4) is 0 Å². The Morgan fingerprint density at radius 1 is 1.40 bits per heavy atom. The number of hydrogen-bond donors (Lipinski definition) is 2. The summed E-state index contributed by atoms with van der Waals surface area (Å²) in [5.41, 5.74) is 0.556. The molecule has 0 saturated heterocycles. The predicted molar refractivity (Wildman–Crippen MR) is 73.3 cm³/mol. The largest absolute Gasteiger partial charge is 0.405 e. The van der Waals surface area contributed by atoms with Crippen molar-refractivity contribution in [2.24, 2.45) is 5.92 Å². The summed E-state index contributed by atoms with van der Waals surface area (Å²) in [4.78, 5) is 15.7. The van der Waals surface area contributed by atoms with Gasteiger partial charge in [-0.25, -0.2) is 0 Å². The molecule has 0 aliphatic carbocycles. The molecule has 4 nitrogen and oxygen atoms in total. The van der Waals surface area contributed by atoms with Crippen molar-refractivity contribution >= 4 is 27.5 Å². The zero-order chi connectivity index (χ0) is 15.3. The molecule has 0 bridgehead atoms. The van der Waals surface area contributed by atoms with Crippen LogP contribution in [0.2, 0.25) is 0 Å². The molecule has 0 fully saturated rings. The van der Waals surface area contributed by atoms with Gasteiger partial charge in [0.05, 0.1) is 11.9 Å². The second kappa shape index (κ2) is 6.92. The van der Waals surface area contributed by atoms with Crippen LogP contribution in [0.15, 0.2) is 22.9 Å². The van der Waals surface area contributed by atoms with Gasteiger partial charge in [0.2, 0.25) is 5.91 Å². The third kappa shape index (κ3) is 5.77. The molecule has 1 aromatic rings. The summed E-state index contributed by atoms with van der Waals surface area (Å²) >= 11 is 3.23. The first-order valence-electron chi connectivity index (χ1n) is 5.90. The lowest BCUT2D eigenvalue weighted by Crippen LogP contribution is -2.46. The normalized spacial score (nSPS) is 13.2. The number of aromatic nitrogens is 1. The third-order valence-corrected chi connectivity index (χ3v) is 2.87. The Morgan fingerprint density at radius 2 is 2.05 bits per heavy atom. The van der Waals surface area contributed by atoms with Gasteiger partial charge in [0, 0.05) is 10.7 Å². The van der Waals surface area contributed by atoms with Crippen LogP contribution in [-0.2, 0) is 4.79 Å². The number of hydrogen-bond acceptors (Lipinski definition) is 3. The van der Waals surface area contributed by atoms with E-state index in [-0.39, 0.29) is 5.92 Å². The maximum absolute atomic E-state index is 12.1. The van der Waals surface area contributed by atoms with Crippen molar-refractivity contribution in [1.29, 1.82) is 0 Å². The zero-order valence-electron chi connectivity index (χ0n) is 11.0. The lowest BCUT2D eigenvalue weighted by molar-refractivity contribution is -0.139. The summed E-state index contributed by atoms with van der Waals surface area (Å²) in [6, 6.07) is 0.924. The smallest absolute Gasteiger partial charge is 0.372 e. The SMILES string of the molecule is CC(C)[C@@H](Nc1cncc(Br)c1)C(=O)NCC(F)(F)F. The van der Waals surface area contributed by atoms with Crippen LogP contribution in [0, 0.1) is 5.92 Å². The summed E-state index contributed by atoms with van der Waals surface area (Å²) < 4.78 is 37.0. The highest BCUT2D eigenvalue weighted by Gasteiger charge is 2.30. The average Bonchev–Trinajstić information content (AvgIpc) is 2.32. The molecule has 1 aromatic heterocycles. The number of alkyl halides is 3. The second-order valence-electron chi connectivity index (χ2n) is 4.59. The van der Waals surface area contributed by atoms with E-state index in [0.717, 1.165) is 0 Å². The number of carbonyl (C=O) groups excluding carboxylic acids is 1. The van der Waals surface area contributed by atoms with E-state index in [9.17, 15) is 18.0 Å². The molecule has 1 heterocycles. The monoisotopic (exact) mass is 353 g/mol. The van der Waals surface area contributed by atoms with Crippen molar-refractivity contribution < 1.29 is 18.0 Å². The maximum atomic E-state index is 12.1. The van der Waals surface area contributed by atoms with Crippen molar-refractivity contribution in [1.82, 2.24) is 10.3 Å². The summed E-state index contributed by atoms with van der Waals surface area (Å²) in [5.74, 6) is -0.875. The number of pyridine rings is 1. The van der Waals surface area contributed by atoms with E-state index < -0.39 is 24.7 Å². The van der Waals surface area contributed by atoms with Crippen LogP contribution in [0.5, 0.6) is 0 Å². The predicted octanol–water partition coefficient (Wildman–Crippen LogP) is 2.96. The van der Waals surface area contributed by atoms with Gasteiger partial charge in [-0.2, -0.15) is 13.2 Å². The van der Waals surface area contributed by atoms with Crippen molar-refractivity contribution in [3.05, 3.63) is 22.9 Å².